The van der Waals surface area contributed by atoms with Crippen molar-refractivity contribution in [1.29, 1.82) is 0 Å². The lowest BCUT2D eigenvalue weighted by molar-refractivity contribution is 0.628. The molecule has 0 radical (unpaired) electrons. The van der Waals surface area contributed by atoms with Crippen molar-refractivity contribution in [2.24, 2.45) is 0 Å². The lowest BCUT2D eigenvalue weighted by Crippen LogP contribution is -2.46. The van der Waals surface area contributed by atoms with Crippen LogP contribution in [0.3, 0.4) is 0 Å². The second kappa shape index (κ2) is 7.25. The molecule has 1 aromatic carbocycles. The van der Waals surface area contributed by atoms with Crippen LogP contribution in [-0.4, -0.2) is 41.1 Å². The summed E-state index contributed by atoms with van der Waals surface area (Å²) in [7, 11) is 0. The van der Waals surface area contributed by atoms with Crippen LogP contribution in [0.1, 0.15) is 0 Å². The molecule has 7 heteroatoms. The zero-order chi connectivity index (χ0) is 17.9. The van der Waals surface area contributed by atoms with Gasteiger partial charge in [0.25, 0.3) is 0 Å². The van der Waals surface area contributed by atoms with Crippen molar-refractivity contribution in [3.8, 4) is 11.3 Å². The predicted molar refractivity (Wildman–Crippen MR) is 101 cm³/mol. The number of hydrogen-bond donors (Lipinski definition) is 0. The molecule has 1 aliphatic rings. The maximum Gasteiger partial charge on any atom is 0.141 e. The second-order valence-electron chi connectivity index (χ2n) is 6.07. The fourth-order valence-electron chi connectivity index (χ4n) is 3.08. The minimum Gasteiger partial charge on any atom is -0.368 e. The summed E-state index contributed by atoms with van der Waals surface area (Å²) in [5.41, 5.74) is 2.69. The number of nitrogens with zero attached hydrogens (tertiary/aromatic N) is 5. The van der Waals surface area contributed by atoms with Crippen molar-refractivity contribution in [2.45, 2.75) is 0 Å². The molecular weight excluding hydrogens is 353 g/mol. The number of halogens is 2. The monoisotopic (exact) mass is 369 g/mol. The van der Waals surface area contributed by atoms with Gasteiger partial charge in [0.05, 0.1) is 10.7 Å². The molecule has 1 saturated heterocycles. The third kappa shape index (κ3) is 3.46. The van der Waals surface area contributed by atoms with Crippen LogP contribution in [0.4, 0.5) is 15.9 Å². The lowest BCUT2D eigenvalue weighted by Gasteiger charge is -2.36. The Kier molecular flexibility index (Phi) is 4.67. The van der Waals surface area contributed by atoms with Gasteiger partial charge in [-0.25, -0.2) is 14.4 Å². The Morgan fingerprint density at radius 3 is 2.35 bits per heavy atom. The van der Waals surface area contributed by atoms with Gasteiger partial charge in [-0.3, -0.25) is 4.98 Å². The summed E-state index contributed by atoms with van der Waals surface area (Å²) in [6, 6.07) is 10.6. The van der Waals surface area contributed by atoms with Gasteiger partial charge in [0.1, 0.15) is 18.0 Å². The van der Waals surface area contributed by atoms with Gasteiger partial charge in [-0.15, -0.1) is 0 Å². The maximum atomic E-state index is 13.4. The summed E-state index contributed by atoms with van der Waals surface area (Å²) < 4.78 is 13.4. The van der Waals surface area contributed by atoms with Gasteiger partial charge in [0.2, 0.25) is 0 Å². The molecule has 0 bridgehead atoms. The minimum absolute atomic E-state index is 0.0913. The van der Waals surface area contributed by atoms with Gasteiger partial charge in [0.15, 0.2) is 0 Å². The van der Waals surface area contributed by atoms with Crippen LogP contribution in [-0.2, 0) is 0 Å². The summed E-state index contributed by atoms with van der Waals surface area (Å²) in [4.78, 5) is 17.3. The number of pyridine rings is 1. The molecule has 0 atom stereocenters. The van der Waals surface area contributed by atoms with Crippen LogP contribution in [0.15, 0.2) is 55.1 Å². The molecule has 4 rings (SSSR count). The van der Waals surface area contributed by atoms with Crippen LogP contribution in [0.2, 0.25) is 5.02 Å². The molecule has 0 amide bonds. The number of rotatable bonds is 3. The van der Waals surface area contributed by atoms with Crippen LogP contribution in [0.25, 0.3) is 11.3 Å². The Balaban J connectivity index is 1.50. The van der Waals surface area contributed by atoms with E-state index in [1.54, 1.807) is 12.1 Å². The zero-order valence-electron chi connectivity index (χ0n) is 14.0. The molecule has 5 nitrogen and oxygen atoms in total. The highest BCUT2D eigenvalue weighted by Crippen LogP contribution is 2.26. The van der Waals surface area contributed by atoms with Crippen LogP contribution in [0.5, 0.6) is 0 Å². The fraction of sp³-hybridized carbons (Fsp3) is 0.211. The van der Waals surface area contributed by atoms with E-state index in [4.69, 9.17) is 11.6 Å². The number of anilines is 2. The Bertz CT molecular complexity index is 897. The SMILES string of the molecule is Fc1ccc(-c2cc(N3CCN(c4ccncc4)CC3)ncn2)cc1Cl. The summed E-state index contributed by atoms with van der Waals surface area (Å²) in [6.45, 7) is 3.54. The van der Waals surface area contributed by atoms with Crippen molar-refractivity contribution < 1.29 is 4.39 Å². The standard InChI is InChI=1S/C19H17ClFN5/c20-16-11-14(1-2-17(16)21)18-12-19(24-13-23-18)26-9-7-25(8-10-26)15-3-5-22-6-4-15/h1-6,11-13H,7-10H2. The lowest BCUT2D eigenvalue weighted by atomic mass is 10.1. The molecule has 0 saturated carbocycles. The van der Waals surface area contributed by atoms with Crippen molar-refractivity contribution in [1.82, 2.24) is 15.0 Å². The van der Waals surface area contributed by atoms with Gasteiger partial charge < -0.3 is 9.80 Å². The average molecular weight is 370 g/mol. The van der Waals surface area contributed by atoms with E-state index in [2.05, 4.69) is 24.8 Å². The largest absolute Gasteiger partial charge is 0.368 e. The van der Waals surface area contributed by atoms with Crippen molar-refractivity contribution in [3.05, 3.63) is 66.0 Å². The Morgan fingerprint density at radius 2 is 1.62 bits per heavy atom. The summed E-state index contributed by atoms with van der Waals surface area (Å²) in [6.07, 6.45) is 5.16. The number of hydrogen-bond acceptors (Lipinski definition) is 5. The van der Waals surface area contributed by atoms with E-state index in [0.29, 0.717) is 0 Å². The first kappa shape index (κ1) is 16.7. The molecule has 0 spiro atoms. The molecule has 26 heavy (non-hydrogen) atoms. The van der Waals surface area contributed by atoms with E-state index in [1.165, 1.54) is 18.1 Å². The van der Waals surface area contributed by atoms with Crippen LogP contribution in [0, 0.1) is 5.82 Å². The van der Waals surface area contributed by atoms with Crippen molar-refractivity contribution in [2.75, 3.05) is 36.0 Å². The number of benzene rings is 1. The Morgan fingerprint density at radius 1 is 0.885 bits per heavy atom. The van der Waals surface area contributed by atoms with E-state index < -0.39 is 5.82 Å². The van der Waals surface area contributed by atoms with E-state index in [-0.39, 0.29) is 5.02 Å². The molecule has 0 N–H and O–H groups in total. The highest BCUT2D eigenvalue weighted by atomic mass is 35.5. The van der Waals surface area contributed by atoms with E-state index in [0.717, 1.165) is 43.3 Å². The van der Waals surface area contributed by atoms with E-state index >= 15 is 0 Å². The van der Waals surface area contributed by atoms with Gasteiger partial charge in [-0.1, -0.05) is 11.6 Å². The first-order chi connectivity index (χ1) is 12.7. The van der Waals surface area contributed by atoms with Gasteiger partial charge in [0, 0.05) is 55.9 Å². The van der Waals surface area contributed by atoms with Crippen molar-refractivity contribution in [3.63, 3.8) is 0 Å². The summed E-state index contributed by atoms with van der Waals surface area (Å²) >= 11 is 5.89. The Hall–Kier alpha value is -2.73. The second-order valence-corrected chi connectivity index (χ2v) is 6.48. The first-order valence-electron chi connectivity index (χ1n) is 8.38. The third-order valence-corrected chi connectivity index (χ3v) is 4.79. The highest BCUT2D eigenvalue weighted by molar-refractivity contribution is 6.31. The molecule has 132 valence electrons. The normalized spacial score (nSPS) is 14.5. The topological polar surface area (TPSA) is 45.2 Å². The molecule has 3 aromatic rings. The minimum atomic E-state index is -0.433. The van der Waals surface area contributed by atoms with Crippen LogP contribution < -0.4 is 9.80 Å². The van der Waals surface area contributed by atoms with Gasteiger partial charge >= 0.3 is 0 Å². The summed E-state index contributed by atoms with van der Waals surface area (Å²) in [5, 5.41) is 0.0913. The fourth-order valence-corrected chi connectivity index (χ4v) is 3.26. The summed E-state index contributed by atoms with van der Waals surface area (Å²) in [5.74, 6) is 0.432. The quantitative estimate of drug-likeness (QED) is 0.705. The number of piperazine rings is 1. The molecular formula is C19H17ClFN5. The Labute approximate surface area is 156 Å². The third-order valence-electron chi connectivity index (χ3n) is 4.50. The number of aromatic nitrogens is 3. The smallest absolute Gasteiger partial charge is 0.141 e. The maximum absolute atomic E-state index is 13.4. The molecule has 0 aliphatic carbocycles. The molecule has 1 fully saturated rings. The van der Waals surface area contributed by atoms with Crippen LogP contribution >= 0.6 is 11.6 Å². The molecule has 3 heterocycles. The highest BCUT2D eigenvalue weighted by Gasteiger charge is 2.19. The van der Waals surface area contributed by atoms with E-state index in [9.17, 15) is 4.39 Å². The van der Waals surface area contributed by atoms with Crippen molar-refractivity contribution >= 4 is 23.1 Å². The van der Waals surface area contributed by atoms with Gasteiger partial charge in [-0.05, 0) is 30.3 Å². The predicted octanol–water partition coefficient (Wildman–Crippen LogP) is 3.66. The molecule has 2 aromatic heterocycles. The zero-order valence-corrected chi connectivity index (χ0v) is 14.8. The molecule has 0 unspecified atom stereocenters. The first-order valence-corrected chi connectivity index (χ1v) is 8.76. The molecule has 1 aliphatic heterocycles. The van der Waals surface area contributed by atoms with E-state index in [1.807, 2.05) is 30.6 Å². The van der Waals surface area contributed by atoms with Gasteiger partial charge in [-0.2, -0.15) is 0 Å². The average Bonchev–Trinajstić information content (AvgIpc) is 2.71.